The predicted molar refractivity (Wildman–Crippen MR) is 57.7 cm³/mol. The molecule has 5 nitrogen and oxygen atoms in total. The van der Waals surface area contributed by atoms with E-state index in [2.05, 4.69) is 4.98 Å². The van der Waals surface area contributed by atoms with Gasteiger partial charge in [0.2, 0.25) is 5.88 Å². The number of anilines is 1. The largest absolute Gasteiger partial charge is 0.481 e. The molecule has 0 fully saturated rings. The number of nitrogen functional groups attached to an aromatic ring is 1. The molecule has 0 radical (unpaired) electrons. The average molecular weight is 212 g/mol. The molecular formula is C10H16N2O3. The number of rotatable bonds is 2. The van der Waals surface area contributed by atoms with Crippen molar-refractivity contribution < 1.29 is 14.6 Å². The summed E-state index contributed by atoms with van der Waals surface area (Å²) in [6, 6.07) is 3.44. The quantitative estimate of drug-likeness (QED) is 0.776. The van der Waals surface area contributed by atoms with Gasteiger partial charge in [0.05, 0.1) is 6.10 Å². The fraction of sp³-hybridized carbons (Fsp3) is 0.400. The van der Waals surface area contributed by atoms with Crippen LogP contribution in [-0.4, -0.2) is 22.2 Å². The number of ether oxygens (including phenoxy) is 1. The second-order valence-electron chi connectivity index (χ2n) is 3.11. The summed E-state index contributed by atoms with van der Waals surface area (Å²) in [5.41, 5.74) is 6.19. The van der Waals surface area contributed by atoms with Crippen molar-refractivity contribution in [1.82, 2.24) is 4.98 Å². The molecule has 1 aromatic heterocycles. The molecule has 5 heteroatoms. The monoisotopic (exact) mass is 212 g/mol. The van der Waals surface area contributed by atoms with Crippen LogP contribution < -0.4 is 10.5 Å². The Bertz CT molecular complexity index is 309. The second kappa shape index (κ2) is 6.64. The Morgan fingerprint density at radius 2 is 2.13 bits per heavy atom. The smallest absolute Gasteiger partial charge is 0.300 e. The first kappa shape index (κ1) is 13.2. The topological polar surface area (TPSA) is 85.4 Å². The highest BCUT2D eigenvalue weighted by Gasteiger charge is 1.97. The summed E-state index contributed by atoms with van der Waals surface area (Å²) >= 11 is 0. The van der Waals surface area contributed by atoms with Crippen molar-refractivity contribution in [2.75, 3.05) is 5.73 Å². The lowest BCUT2D eigenvalue weighted by Crippen LogP contribution is -2.06. The molecule has 0 saturated carbocycles. The van der Waals surface area contributed by atoms with Crippen LogP contribution in [0.4, 0.5) is 5.69 Å². The Labute approximate surface area is 88.9 Å². The zero-order chi connectivity index (χ0) is 11.8. The normalized spacial score (nSPS) is 9.07. The Kier molecular flexibility index (Phi) is 5.85. The molecule has 0 atom stereocenters. The van der Waals surface area contributed by atoms with Crippen LogP contribution in [0.25, 0.3) is 0 Å². The van der Waals surface area contributed by atoms with Crippen LogP contribution in [0, 0.1) is 0 Å². The number of nitrogens with two attached hydrogens (primary N) is 1. The van der Waals surface area contributed by atoms with Crippen LogP contribution >= 0.6 is 0 Å². The van der Waals surface area contributed by atoms with Gasteiger partial charge >= 0.3 is 0 Å². The maximum atomic E-state index is 9.00. The maximum Gasteiger partial charge on any atom is 0.300 e. The third-order valence-corrected chi connectivity index (χ3v) is 1.12. The third kappa shape index (κ3) is 8.55. The van der Waals surface area contributed by atoms with Crippen molar-refractivity contribution in [1.29, 1.82) is 0 Å². The minimum Gasteiger partial charge on any atom is -0.481 e. The summed E-state index contributed by atoms with van der Waals surface area (Å²) in [5, 5.41) is 7.42. The van der Waals surface area contributed by atoms with Crippen molar-refractivity contribution in [3.8, 4) is 5.88 Å². The molecule has 3 N–H and O–H groups in total. The fourth-order valence-electron chi connectivity index (χ4n) is 0.731. The summed E-state index contributed by atoms with van der Waals surface area (Å²) < 4.78 is 5.30. The zero-order valence-electron chi connectivity index (χ0n) is 9.10. The summed E-state index contributed by atoms with van der Waals surface area (Å²) in [6.45, 7) is 4.98. The molecule has 1 heterocycles. The Balaban J connectivity index is 0.000000423. The predicted octanol–water partition coefficient (Wildman–Crippen LogP) is 1.54. The number of carbonyl (C=O) groups is 1. The number of hydrogen-bond donors (Lipinski definition) is 2. The summed E-state index contributed by atoms with van der Waals surface area (Å²) in [5.74, 6) is -0.250. The van der Waals surface area contributed by atoms with Crippen molar-refractivity contribution >= 4 is 11.7 Å². The van der Waals surface area contributed by atoms with Gasteiger partial charge in [0, 0.05) is 24.9 Å². The highest BCUT2D eigenvalue weighted by molar-refractivity contribution is 5.62. The van der Waals surface area contributed by atoms with E-state index < -0.39 is 5.97 Å². The van der Waals surface area contributed by atoms with Crippen LogP contribution in [0.1, 0.15) is 20.8 Å². The molecule has 0 aliphatic heterocycles. The van der Waals surface area contributed by atoms with E-state index in [0.717, 1.165) is 6.92 Å². The Morgan fingerprint density at radius 3 is 2.53 bits per heavy atom. The van der Waals surface area contributed by atoms with Crippen LogP contribution in [0.15, 0.2) is 18.3 Å². The molecule has 0 aliphatic rings. The van der Waals surface area contributed by atoms with E-state index in [-0.39, 0.29) is 6.10 Å². The van der Waals surface area contributed by atoms with Gasteiger partial charge < -0.3 is 15.6 Å². The number of hydrogen-bond acceptors (Lipinski definition) is 4. The molecule has 84 valence electrons. The first-order valence-electron chi connectivity index (χ1n) is 4.49. The van der Waals surface area contributed by atoms with Crippen LogP contribution in [0.2, 0.25) is 0 Å². The van der Waals surface area contributed by atoms with Gasteiger partial charge in [-0.1, -0.05) is 0 Å². The molecule has 0 bridgehead atoms. The fourth-order valence-corrected chi connectivity index (χ4v) is 0.731. The second-order valence-corrected chi connectivity index (χ2v) is 3.11. The van der Waals surface area contributed by atoms with Gasteiger partial charge in [-0.3, -0.25) is 4.79 Å². The van der Waals surface area contributed by atoms with Gasteiger partial charge in [0.1, 0.15) is 0 Å². The highest BCUT2D eigenvalue weighted by atomic mass is 16.5. The van der Waals surface area contributed by atoms with Crippen molar-refractivity contribution in [2.24, 2.45) is 0 Å². The standard InChI is InChI=1S/C8H12N2O.C2H4O2/c1-6(2)11-8-5-7(9)3-4-10-8;1-2(3)4/h3-6H,1-2H3,(H2,9,10);1H3,(H,3,4). The average Bonchev–Trinajstić information content (AvgIpc) is 2.00. The highest BCUT2D eigenvalue weighted by Crippen LogP contribution is 2.11. The van der Waals surface area contributed by atoms with Gasteiger partial charge in [0.25, 0.3) is 5.97 Å². The van der Waals surface area contributed by atoms with Crippen LogP contribution in [0.5, 0.6) is 5.88 Å². The lowest BCUT2D eigenvalue weighted by Gasteiger charge is -2.07. The maximum absolute atomic E-state index is 9.00. The number of aromatic nitrogens is 1. The lowest BCUT2D eigenvalue weighted by molar-refractivity contribution is -0.134. The molecule has 0 saturated heterocycles. The summed E-state index contributed by atoms with van der Waals surface area (Å²) in [4.78, 5) is 13.0. The molecular weight excluding hydrogens is 196 g/mol. The van der Waals surface area contributed by atoms with Gasteiger partial charge in [-0.25, -0.2) is 4.98 Å². The Hall–Kier alpha value is -1.78. The summed E-state index contributed by atoms with van der Waals surface area (Å²) in [6.07, 6.45) is 1.77. The van der Waals surface area contributed by atoms with Crippen molar-refractivity contribution in [3.05, 3.63) is 18.3 Å². The Morgan fingerprint density at radius 1 is 1.60 bits per heavy atom. The number of carboxylic acid groups (broad SMARTS) is 1. The minimum atomic E-state index is -0.833. The SMILES string of the molecule is CC(=O)O.CC(C)Oc1cc(N)ccn1. The van der Waals surface area contributed by atoms with Crippen molar-refractivity contribution in [3.63, 3.8) is 0 Å². The van der Waals surface area contributed by atoms with E-state index in [1.165, 1.54) is 0 Å². The molecule has 0 amide bonds. The zero-order valence-corrected chi connectivity index (χ0v) is 9.10. The third-order valence-electron chi connectivity index (χ3n) is 1.12. The van der Waals surface area contributed by atoms with Crippen molar-refractivity contribution in [2.45, 2.75) is 26.9 Å². The van der Waals surface area contributed by atoms with Gasteiger partial charge in [-0.05, 0) is 19.9 Å². The molecule has 0 aliphatic carbocycles. The molecule has 1 rings (SSSR count). The number of nitrogens with zero attached hydrogens (tertiary/aromatic N) is 1. The van der Waals surface area contributed by atoms with E-state index in [1.807, 2.05) is 13.8 Å². The van der Waals surface area contributed by atoms with Crippen LogP contribution in [-0.2, 0) is 4.79 Å². The van der Waals surface area contributed by atoms with E-state index >= 15 is 0 Å². The van der Waals surface area contributed by atoms with Gasteiger partial charge in [-0.2, -0.15) is 0 Å². The van der Waals surface area contributed by atoms with Crippen LogP contribution in [0.3, 0.4) is 0 Å². The van der Waals surface area contributed by atoms with E-state index in [9.17, 15) is 0 Å². The van der Waals surface area contributed by atoms with E-state index in [0.29, 0.717) is 11.6 Å². The number of pyridine rings is 1. The van der Waals surface area contributed by atoms with E-state index in [1.54, 1.807) is 18.3 Å². The first-order valence-corrected chi connectivity index (χ1v) is 4.49. The molecule has 0 aromatic carbocycles. The van der Waals surface area contributed by atoms with Gasteiger partial charge in [-0.15, -0.1) is 0 Å². The molecule has 1 aromatic rings. The lowest BCUT2D eigenvalue weighted by atomic mass is 10.4. The summed E-state index contributed by atoms with van der Waals surface area (Å²) in [7, 11) is 0. The molecule has 0 unspecified atom stereocenters. The molecule has 15 heavy (non-hydrogen) atoms. The van der Waals surface area contributed by atoms with Gasteiger partial charge in [0.15, 0.2) is 0 Å². The minimum absolute atomic E-state index is 0.143. The number of carboxylic acids is 1. The number of aliphatic carboxylic acids is 1. The molecule has 0 spiro atoms. The first-order chi connectivity index (χ1) is 6.91. The van der Waals surface area contributed by atoms with E-state index in [4.69, 9.17) is 20.4 Å².